The number of halogens is 5. The van der Waals surface area contributed by atoms with Crippen LogP contribution in [-0.4, -0.2) is 0 Å². The molecule has 0 saturated carbocycles. The Morgan fingerprint density at radius 2 is 1.71 bits per heavy atom. The van der Waals surface area contributed by atoms with Crippen LogP contribution in [0.4, 0.5) is 23.2 Å². The zero-order valence-electron chi connectivity index (χ0n) is 7.15. The van der Waals surface area contributed by atoms with Gasteiger partial charge in [-0.3, -0.25) is 0 Å². The van der Waals surface area contributed by atoms with Crippen molar-refractivity contribution in [1.82, 2.24) is 0 Å². The van der Waals surface area contributed by atoms with E-state index >= 15 is 0 Å². The molecule has 1 aromatic carbocycles. The van der Waals surface area contributed by atoms with Crippen molar-refractivity contribution in [2.75, 3.05) is 5.73 Å². The van der Waals surface area contributed by atoms with Crippen molar-refractivity contribution in [3.63, 3.8) is 0 Å². The van der Waals surface area contributed by atoms with Crippen LogP contribution in [0.25, 0.3) is 0 Å². The summed E-state index contributed by atoms with van der Waals surface area (Å²) in [6, 6.07) is 1.38. The molecule has 80 valence electrons. The first-order valence-electron chi connectivity index (χ1n) is 3.45. The van der Waals surface area contributed by atoms with Crippen LogP contribution in [-0.2, 0) is 6.18 Å². The van der Waals surface area contributed by atoms with Crippen LogP contribution in [0.1, 0.15) is 11.1 Å². The van der Waals surface area contributed by atoms with Gasteiger partial charge in [-0.15, -0.1) is 12.4 Å². The molecule has 1 nitrogen and oxygen atoms in total. The van der Waals surface area contributed by atoms with Gasteiger partial charge >= 0.3 is 6.18 Å². The number of benzene rings is 1. The van der Waals surface area contributed by atoms with Crippen LogP contribution in [0.2, 0.25) is 0 Å². The summed E-state index contributed by atoms with van der Waals surface area (Å²) in [5, 5.41) is 0. The van der Waals surface area contributed by atoms with E-state index in [1.54, 1.807) is 0 Å². The molecule has 0 aromatic heterocycles. The molecular formula is C8H8ClF4N. The first kappa shape index (κ1) is 13.0. The molecule has 0 amide bonds. The molecule has 1 rings (SSSR count). The highest BCUT2D eigenvalue weighted by atomic mass is 35.5. The van der Waals surface area contributed by atoms with E-state index in [0.29, 0.717) is 12.1 Å². The van der Waals surface area contributed by atoms with Crippen LogP contribution in [0, 0.1) is 12.7 Å². The van der Waals surface area contributed by atoms with Gasteiger partial charge in [-0.25, -0.2) is 4.39 Å². The van der Waals surface area contributed by atoms with Gasteiger partial charge in [0.05, 0.1) is 5.56 Å². The van der Waals surface area contributed by atoms with Crippen LogP contribution >= 0.6 is 12.4 Å². The molecule has 0 fully saturated rings. The largest absolute Gasteiger partial charge is 0.419 e. The first-order valence-corrected chi connectivity index (χ1v) is 3.45. The van der Waals surface area contributed by atoms with E-state index in [1.807, 2.05) is 0 Å². The summed E-state index contributed by atoms with van der Waals surface area (Å²) in [6.07, 6.45) is -4.66. The Labute approximate surface area is 84.3 Å². The lowest BCUT2D eigenvalue weighted by molar-refractivity contribution is -0.140. The van der Waals surface area contributed by atoms with Crippen molar-refractivity contribution in [1.29, 1.82) is 0 Å². The lowest BCUT2D eigenvalue weighted by Crippen LogP contribution is -2.09. The predicted octanol–water partition coefficient (Wildman–Crippen LogP) is 3.16. The van der Waals surface area contributed by atoms with E-state index in [2.05, 4.69) is 0 Å². The summed E-state index contributed by atoms with van der Waals surface area (Å²) in [5.74, 6) is -1.34. The third kappa shape index (κ3) is 2.51. The fourth-order valence-corrected chi connectivity index (χ4v) is 0.914. The molecule has 0 aliphatic carbocycles. The Balaban J connectivity index is 0.00000169. The number of nitrogen functional groups attached to an aromatic ring is 1. The maximum absolute atomic E-state index is 12.7. The number of rotatable bonds is 0. The minimum absolute atomic E-state index is 0. The van der Waals surface area contributed by atoms with Gasteiger partial charge < -0.3 is 5.73 Å². The molecule has 0 saturated heterocycles. The van der Waals surface area contributed by atoms with E-state index in [1.165, 1.54) is 6.92 Å². The summed E-state index contributed by atoms with van der Waals surface area (Å²) >= 11 is 0. The average Bonchev–Trinajstić information content (AvgIpc) is 1.94. The normalized spacial score (nSPS) is 10.9. The quantitative estimate of drug-likeness (QED) is 0.537. The molecular weight excluding hydrogens is 222 g/mol. The summed E-state index contributed by atoms with van der Waals surface area (Å²) in [5.41, 5.74) is 4.18. The van der Waals surface area contributed by atoms with Crippen molar-refractivity contribution in [2.45, 2.75) is 13.1 Å². The first-order chi connectivity index (χ1) is 5.82. The summed E-state index contributed by atoms with van der Waals surface area (Å²) in [7, 11) is 0. The fraction of sp³-hybridized carbons (Fsp3) is 0.250. The van der Waals surface area contributed by atoms with E-state index in [4.69, 9.17) is 5.73 Å². The van der Waals surface area contributed by atoms with Crippen molar-refractivity contribution >= 4 is 18.1 Å². The third-order valence-corrected chi connectivity index (χ3v) is 1.66. The van der Waals surface area contributed by atoms with Crippen LogP contribution in [0.3, 0.4) is 0 Å². The number of alkyl halides is 3. The zero-order valence-corrected chi connectivity index (χ0v) is 7.97. The average molecular weight is 230 g/mol. The number of hydrogen-bond acceptors (Lipinski definition) is 1. The Morgan fingerprint density at radius 3 is 2.14 bits per heavy atom. The van der Waals surface area contributed by atoms with Crippen molar-refractivity contribution in [2.24, 2.45) is 0 Å². The molecule has 14 heavy (non-hydrogen) atoms. The predicted molar refractivity (Wildman–Crippen MR) is 47.8 cm³/mol. The van der Waals surface area contributed by atoms with E-state index in [0.717, 1.165) is 0 Å². The van der Waals surface area contributed by atoms with Crippen LogP contribution < -0.4 is 5.73 Å². The van der Waals surface area contributed by atoms with Crippen molar-refractivity contribution in [3.05, 3.63) is 29.1 Å². The van der Waals surface area contributed by atoms with Gasteiger partial charge in [0.25, 0.3) is 0 Å². The summed E-state index contributed by atoms with van der Waals surface area (Å²) < 4.78 is 49.0. The topological polar surface area (TPSA) is 26.0 Å². The van der Waals surface area contributed by atoms with Crippen molar-refractivity contribution in [3.8, 4) is 0 Å². The van der Waals surface area contributed by atoms with Crippen LogP contribution in [0.15, 0.2) is 12.1 Å². The second-order valence-corrected chi connectivity index (χ2v) is 2.69. The minimum Gasteiger partial charge on any atom is -0.398 e. The minimum atomic E-state index is -4.66. The van der Waals surface area contributed by atoms with Gasteiger partial charge in [-0.1, -0.05) is 0 Å². The molecule has 0 radical (unpaired) electrons. The third-order valence-electron chi connectivity index (χ3n) is 1.66. The van der Waals surface area contributed by atoms with Gasteiger partial charge in [0, 0.05) is 5.69 Å². The number of aryl methyl sites for hydroxylation is 1. The highest BCUT2D eigenvalue weighted by Crippen LogP contribution is 2.33. The number of nitrogens with two attached hydrogens (primary N) is 1. The lowest BCUT2D eigenvalue weighted by atomic mass is 10.1. The SMILES string of the molecule is Cc1cc(C(F)(F)F)c(F)cc1N.Cl. The molecule has 1 aromatic rings. The Bertz CT molecular complexity index is 335. The molecule has 0 unspecified atom stereocenters. The van der Waals surface area contributed by atoms with E-state index in [9.17, 15) is 17.6 Å². The second-order valence-electron chi connectivity index (χ2n) is 2.69. The monoisotopic (exact) mass is 229 g/mol. The van der Waals surface area contributed by atoms with Gasteiger partial charge in [0.2, 0.25) is 0 Å². The molecule has 0 atom stereocenters. The molecule has 0 heterocycles. The van der Waals surface area contributed by atoms with Gasteiger partial charge in [-0.2, -0.15) is 13.2 Å². The summed E-state index contributed by atoms with van der Waals surface area (Å²) in [4.78, 5) is 0. The second kappa shape index (κ2) is 4.04. The Kier molecular flexibility index (Phi) is 3.76. The Hall–Kier alpha value is -0.970. The highest BCUT2D eigenvalue weighted by Gasteiger charge is 2.34. The maximum atomic E-state index is 12.7. The Morgan fingerprint density at radius 1 is 1.21 bits per heavy atom. The molecule has 2 N–H and O–H groups in total. The zero-order chi connectivity index (χ0) is 10.2. The standard InChI is InChI=1S/C8H7F4N.ClH/c1-4-2-5(8(10,11)12)6(9)3-7(4)13;/h2-3H,13H2,1H3;1H. The van der Waals surface area contributed by atoms with Crippen molar-refractivity contribution < 1.29 is 17.6 Å². The van der Waals surface area contributed by atoms with E-state index in [-0.39, 0.29) is 23.7 Å². The molecule has 0 bridgehead atoms. The maximum Gasteiger partial charge on any atom is 0.419 e. The smallest absolute Gasteiger partial charge is 0.398 e. The molecule has 0 aliphatic rings. The fourth-order valence-electron chi connectivity index (χ4n) is 0.914. The molecule has 6 heteroatoms. The number of hydrogen-bond donors (Lipinski definition) is 1. The van der Waals surface area contributed by atoms with Crippen LogP contribution in [0.5, 0.6) is 0 Å². The van der Waals surface area contributed by atoms with Gasteiger partial charge in [0.15, 0.2) is 0 Å². The summed E-state index contributed by atoms with van der Waals surface area (Å²) in [6.45, 7) is 1.39. The number of anilines is 1. The highest BCUT2D eigenvalue weighted by molar-refractivity contribution is 5.85. The molecule has 0 spiro atoms. The van der Waals surface area contributed by atoms with Gasteiger partial charge in [0.1, 0.15) is 5.82 Å². The van der Waals surface area contributed by atoms with Gasteiger partial charge in [-0.05, 0) is 24.6 Å². The van der Waals surface area contributed by atoms with E-state index < -0.39 is 17.6 Å². The lowest BCUT2D eigenvalue weighted by Gasteiger charge is -2.09. The molecule has 0 aliphatic heterocycles.